The molecule has 4 rings (SSSR count). The summed E-state index contributed by atoms with van der Waals surface area (Å²) in [4.78, 5) is 18.5. The number of aromatic nitrogens is 2. The Morgan fingerprint density at radius 1 is 1.33 bits per heavy atom. The predicted molar refractivity (Wildman–Crippen MR) is 118 cm³/mol. The van der Waals surface area contributed by atoms with Crippen molar-refractivity contribution in [2.75, 3.05) is 6.54 Å². The molecule has 3 aromatic rings. The minimum Gasteiger partial charge on any atom is -0.381 e. The lowest BCUT2D eigenvalue weighted by molar-refractivity contribution is 0.0669. The van der Waals surface area contributed by atoms with E-state index in [4.69, 9.17) is 4.52 Å². The number of para-hydroxylation sites is 1. The lowest BCUT2D eigenvalue weighted by Gasteiger charge is -2.33. The Labute approximate surface area is 177 Å². The Bertz CT molecular complexity index is 1010. The Hall–Kier alpha value is -3.02. The maximum atomic E-state index is 13.2. The molecule has 1 aliphatic rings. The fourth-order valence-corrected chi connectivity index (χ4v) is 4.10. The minimum absolute atomic E-state index is 0.0664. The highest BCUT2D eigenvalue weighted by Gasteiger charge is 2.27. The molecule has 1 amide bonds. The summed E-state index contributed by atoms with van der Waals surface area (Å²) in [5, 5.41) is 8.67. The van der Waals surface area contributed by atoms with Crippen LogP contribution in [0.3, 0.4) is 0 Å². The van der Waals surface area contributed by atoms with E-state index in [-0.39, 0.29) is 11.9 Å². The molecule has 2 N–H and O–H groups in total. The van der Waals surface area contributed by atoms with Gasteiger partial charge >= 0.3 is 0 Å². The second-order valence-electron chi connectivity index (χ2n) is 8.25. The number of nitrogens with zero attached hydrogens (tertiary/aromatic N) is 2. The number of allylic oxidation sites excluding steroid dienone is 1. The van der Waals surface area contributed by atoms with E-state index >= 15 is 0 Å². The fraction of sp³-hybridized carbons (Fsp3) is 0.417. The van der Waals surface area contributed by atoms with Crippen molar-refractivity contribution in [3.05, 3.63) is 65.3 Å². The van der Waals surface area contributed by atoms with E-state index in [1.807, 2.05) is 48.2 Å². The average molecular weight is 407 g/mol. The molecule has 158 valence electrons. The van der Waals surface area contributed by atoms with E-state index in [2.05, 4.69) is 35.4 Å². The van der Waals surface area contributed by atoms with Crippen LogP contribution in [0, 0.1) is 0 Å². The van der Waals surface area contributed by atoms with Gasteiger partial charge in [-0.3, -0.25) is 4.79 Å². The van der Waals surface area contributed by atoms with E-state index in [1.165, 1.54) is 0 Å². The molecule has 0 bridgehead atoms. The standard InChI is InChI=1S/C24H30N4O2/c1-4-28(24(29)23-12-17-8-5-6-11-21(17)26-23)19-10-7-9-18(13-19)25-15-20-14-22(16(2)3)27-30-20/h5-6,8-9,11-12,14,16,19,25-26H,4,7,10,13,15H2,1-3H3/t19-/m0/s1. The Kier molecular flexibility index (Phi) is 5.93. The van der Waals surface area contributed by atoms with Gasteiger partial charge in [0.15, 0.2) is 5.76 Å². The van der Waals surface area contributed by atoms with E-state index in [0.717, 1.165) is 47.3 Å². The van der Waals surface area contributed by atoms with Crippen LogP contribution < -0.4 is 5.32 Å². The number of carbonyl (C=O) groups excluding carboxylic acids is 1. The molecule has 2 heterocycles. The van der Waals surface area contributed by atoms with Gasteiger partial charge in [0.25, 0.3) is 5.91 Å². The van der Waals surface area contributed by atoms with Gasteiger partial charge in [0.05, 0.1) is 12.2 Å². The van der Waals surface area contributed by atoms with Crippen LogP contribution in [0.15, 0.2) is 52.7 Å². The monoisotopic (exact) mass is 406 g/mol. The van der Waals surface area contributed by atoms with Crippen LogP contribution in [-0.4, -0.2) is 33.5 Å². The van der Waals surface area contributed by atoms with Crippen LogP contribution in [-0.2, 0) is 6.54 Å². The van der Waals surface area contributed by atoms with Crippen molar-refractivity contribution in [2.24, 2.45) is 0 Å². The van der Waals surface area contributed by atoms with E-state index in [0.29, 0.717) is 24.7 Å². The first kappa shape index (κ1) is 20.3. The third-order valence-electron chi connectivity index (χ3n) is 5.81. The number of hydrogen-bond donors (Lipinski definition) is 2. The van der Waals surface area contributed by atoms with E-state index in [1.54, 1.807) is 0 Å². The highest BCUT2D eigenvalue weighted by atomic mass is 16.5. The minimum atomic E-state index is 0.0664. The van der Waals surface area contributed by atoms with Gasteiger partial charge in [0.1, 0.15) is 5.69 Å². The number of amides is 1. The summed E-state index contributed by atoms with van der Waals surface area (Å²) in [5.74, 6) is 1.26. The van der Waals surface area contributed by atoms with Crippen molar-refractivity contribution in [1.29, 1.82) is 0 Å². The molecule has 6 nitrogen and oxygen atoms in total. The fourth-order valence-electron chi connectivity index (χ4n) is 4.10. The van der Waals surface area contributed by atoms with Crippen LogP contribution in [0.25, 0.3) is 10.9 Å². The van der Waals surface area contributed by atoms with Crippen molar-refractivity contribution >= 4 is 16.8 Å². The Morgan fingerprint density at radius 3 is 2.90 bits per heavy atom. The molecule has 0 aliphatic heterocycles. The highest BCUT2D eigenvalue weighted by Crippen LogP contribution is 2.25. The molecular weight excluding hydrogens is 376 g/mol. The summed E-state index contributed by atoms with van der Waals surface area (Å²) in [7, 11) is 0. The topological polar surface area (TPSA) is 74.2 Å². The maximum Gasteiger partial charge on any atom is 0.270 e. The highest BCUT2D eigenvalue weighted by molar-refractivity contribution is 5.98. The molecule has 0 saturated heterocycles. The SMILES string of the molecule is CCN(C(=O)c1cc2ccccc2[nH]1)[C@H]1CCC=C(NCc2cc(C(C)C)no2)C1. The summed E-state index contributed by atoms with van der Waals surface area (Å²) < 4.78 is 5.43. The molecule has 1 aliphatic carbocycles. The number of benzene rings is 1. The molecular formula is C24H30N4O2. The molecule has 0 spiro atoms. The van der Waals surface area contributed by atoms with Gasteiger partial charge in [-0.25, -0.2) is 0 Å². The van der Waals surface area contributed by atoms with Gasteiger partial charge in [0, 0.05) is 41.7 Å². The summed E-state index contributed by atoms with van der Waals surface area (Å²) in [5.41, 5.74) is 3.79. The van der Waals surface area contributed by atoms with Gasteiger partial charge in [-0.2, -0.15) is 0 Å². The zero-order chi connectivity index (χ0) is 21.1. The number of H-pyrrole nitrogens is 1. The number of aromatic amines is 1. The first-order chi connectivity index (χ1) is 14.5. The second-order valence-corrected chi connectivity index (χ2v) is 8.25. The number of carbonyl (C=O) groups is 1. The van der Waals surface area contributed by atoms with Crippen molar-refractivity contribution in [3.63, 3.8) is 0 Å². The number of hydrogen-bond acceptors (Lipinski definition) is 4. The molecule has 0 unspecified atom stereocenters. The van der Waals surface area contributed by atoms with Crippen molar-refractivity contribution in [1.82, 2.24) is 20.4 Å². The van der Waals surface area contributed by atoms with Crippen LogP contribution >= 0.6 is 0 Å². The average Bonchev–Trinajstić information content (AvgIpc) is 3.40. The zero-order valence-corrected chi connectivity index (χ0v) is 17.9. The second kappa shape index (κ2) is 8.78. The number of rotatable bonds is 7. The molecule has 1 aromatic carbocycles. The summed E-state index contributed by atoms with van der Waals surface area (Å²) >= 11 is 0. The maximum absolute atomic E-state index is 13.2. The molecule has 0 fully saturated rings. The van der Waals surface area contributed by atoms with Gasteiger partial charge < -0.3 is 19.7 Å². The largest absolute Gasteiger partial charge is 0.381 e. The van der Waals surface area contributed by atoms with Crippen molar-refractivity contribution < 1.29 is 9.32 Å². The molecule has 30 heavy (non-hydrogen) atoms. The molecule has 6 heteroatoms. The third kappa shape index (κ3) is 4.27. The van der Waals surface area contributed by atoms with Crippen molar-refractivity contribution in [2.45, 2.75) is 58.5 Å². The zero-order valence-electron chi connectivity index (χ0n) is 17.9. The van der Waals surface area contributed by atoms with Crippen molar-refractivity contribution in [3.8, 4) is 0 Å². The number of fused-ring (bicyclic) bond motifs is 1. The van der Waals surface area contributed by atoms with Crippen LogP contribution in [0.4, 0.5) is 0 Å². The van der Waals surface area contributed by atoms with E-state index in [9.17, 15) is 4.79 Å². The lowest BCUT2D eigenvalue weighted by Crippen LogP contribution is -2.42. The van der Waals surface area contributed by atoms with Gasteiger partial charge in [-0.15, -0.1) is 0 Å². The molecule has 0 saturated carbocycles. The smallest absolute Gasteiger partial charge is 0.270 e. The number of nitrogens with one attached hydrogen (secondary N) is 2. The Morgan fingerprint density at radius 2 is 2.17 bits per heavy atom. The van der Waals surface area contributed by atoms with Gasteiger partial charge in [-0.1, -0.05) is 43.3 Å². The quantitative estimate of drug-likeness (QED) is 0.581. The third-order valence-corrected chi connectivity index (χ3v) is 5.81. The van der Waals surface area contributed by atoms with Gasteiger partial charge in [0.2, 0.25) is 0 Å². The summed E-state index contributed by atoms with van der Waals surface area (Å²) in [6.07, 6.45) is 4.99. The molecule has 2 aromatic heterocycles. The molecule has 1 atom stereocenters. The van der Waals surface area contributed by atoms with Crippen LogP contribution in [0.2, 0.25) is 0 Å². The lowest BCUT2D eigenvalue weighted by atomic mass is 9.97. The normalized spacial score (nSPS) is 16.7. The summed E-state index contributed by atoms with van der Waals surface area (Å²) in [6, 6.07) is 12.1. The van der Waals surface area contributed by atoms with Crippen LogP contribution in [0.5, 0.6) is 0 Å². The van der Waals surface area contributed by atoms with Crippen LogP contribution in [0.1, 0.15) is 67.9 Å². The van der Waals surface area contributed by atoms with E-state index < -0.39 is 0 Å². The van der Waals surface area contributed by atoms with Gasteiger partial charge in [-0.05, 0) is 37.8 Å². The first-order valence-corrected chi connectivity index (χ1v) is 10.8. The predicted octanol–water partition coefficient (Wildman–Crippen LogP) is 4.97. The summed E-state index contributed by atoms with van der Waals surface area (Å²) in [6.45, 7) is 7.56. The Balaban J connectivity index is 1.41. The first-order valence-electron chi connectivity index (χ1n) is 10.8. The molecule has 0 radical (unpaired) electrons.